The second-order valence-electron chi connectivity index (χ2n) is 6.03. The molecule has 0 saturated carbocycles. The highest BCUT2D eigenvalue weighted by molar-refractivity contribution is 5.65. The minimum absolute atomic E-state index is 0.107. The zero-order valence-corrected chi connectivity index (χ0v) is 11.9. The zero-order chi connectivity index (χ0) is 13.6. The Bertz CT molecular complexity index is 635. The lowest BCUT2D eigenvalue weighted by molar-refractivity contribution is 0.350. The van der Waals surface area contributed by atoms with Crippen LogP contribution in [-0.4, -0.2) is 19.6 Å². The molecule has 0 amide bonds. The summed E-state index contributed by atoms with van der Waals surface area (Å²) in [5, 5.41) is 3.60. The molecule has 4 rings (SSSR count). The number of nitrogens with one attached hydrogen (secondary N) is 1. The predicted octanol–water partition coefficient (Wildman–Crippen LogP) is 2.86. The number of nitrogens with zero attached hydrogens (tertiary/aromatic N) is 1. The summed E-state index contributed by atoms with van der Waals surface area (Å²) in [6.07, 6.45) is 1.11. The van der Waals surface area contributed by atoms with Crippen LogP contribution >= 0.6 is 0 Å². The minimum Gasteiger partial charge on any atom is -0.359 e. The van der Waals surface area contributed by atoms with E-state index in [2.05, 4.69) is 65.7 Å². The molecule has 2 heteroatoms. The first-order valence-electron chi connectivity index (χ1n) is 7.43. The molecule has 0 aromatic heterocycles. The highest BCUT2D eigenvalue weighted by Crippen LogP contribution is 2.45. The predicted molar refractivity (Wildman–Crippen MR) is 83.2 cm³/mol. The fourth-order valence-corrected chi connectivity index (χ4v) is 3.85. The van der Waals surface area contributed by atoms with Crippen LogP contribution in [0.15, 0.2) is 48.5 Å². The summed E-state index contributed by atoms with van der Waals surface area (Å²) in [4.78, 5) is 2.62. The van der Waals surface area contributed by atoms with Crippen molar-refractivity contribution < 1.29 is 0 Å². The molecule has 1 N–H and O–H groups in total. The van der Waals surface area contributed by atoms with Gasteiger partial charge in [0.25, 0.3) is 0 Å². The Balaban J connectivity index is 1.87. The van der Waals surface area contributed by atoms with Gasteiger partial charge in [0, 0.05) is 31.7 Å². The number of hydrogen-bond donors (Lipinski definition) is 1. The molecule has 1 saturated heterocycles. The highest BCUT2D eigenvalue weighted by atomic mass is 15.3. The molecule has 2 aliphatic rings. The molecule has 1 fully saturated rings. The second-order valence-corrected chi connectivity index (χ2v) is 6.03. The minimum atomic E-state index is 0.107. The Morgan fingerprint density at radius 2 is 1.95 bits per heavy atom. The monoisotopic (exact) mass is 264 g/mol. The van der Waals surface area contributed by atoms with Gasteiger partial charge in [0.05, 0.1) is 5.54 Å². The van der Waals surface area contributed by atoms with Gasteiger partial charge in [-0.15, -0.1) is 0 Å². The number of anilines is 1. The van der Waals surface area contributed by atoms with Gasteiger partial charge in [-0.05, 0) is 24.1 Å². The molecule has 0 spiro atoms. The van der Waals surface area contributed by atoms with Gasteiger partial charge in [0.1, 0.15) is 0 Å². The third-order valence-electron chi connectivity index (χ3n) is 4.77. The average molecular weight is 264 g/mol. The lowest BCUT2D eigenvalue weighted by Crippen LogP contribution is -2.57. The second kappa shape index (κ2) is 4.35. The van der Waals surface area contributed by atoms with E-state index in [4.69, 9.17) is 0 Å². The van der Waals surface area contributed by atoms with Crippen molar-refractivity contribution in [3.05, 3.63) is 65.2 Å². The van der Waals surface area contributed by atoms with Gasteiger partial charge in [-0.25, -0.2) is 0 Å². The molecule has 1 atom stereocenters. The van der Waals surface area contributed by atoms with E-state index in [1.807, 2.05) is 0 Å². The van der Waals surface area contributed by atoms with Crippen molar-refractivity contribution in [3.8, 4) is 0 Å². The number of rotatable bonds is 1. The molecule has 2 aliphatic heterocycles. The Morgan fingerprint density at radius 3 is 2.80 bits per heavy atom. The molecule has 2 nitrogen and oxygen atoms in total. The Hall–Kier alpha value is -1.80. The van der Waals surface area contributed by atoms with E-state index in [9.17, 15) is 0 Å². The maximum atomic E-state index is 3.60. The molecule has 2 aromatic rings. The zero-order valence-electron chi connectivity index (χ0n) is 11.9. The molecule has 102 valence electrons. The fourth-order valence-electron chi connectivity index (χ4n) is 3.85. The Kier molecular flexibility index (Phi) is 2.61. The van der Waals surface area contributed by atoms with E-state index in [-0.39, 0.29) is 5.54 Å². The number of piperazine rings is 1. The molecule has 0 radical (unpaired) electrons. The van der Waals surface area contributed by atoms with Crippen LogP contribution in [0.3, 0.4) is 0 Å². The molecule has 0 bridgehead atoms. The van der Waals surface area contributed by atoms with Gasteiger partial charge in [-0.3, -0.25) is 0 Å². The van der Waals surface area contributed by atoms with Gasteiger partial charge >= 0.3 is 0 Å². The van der Waals surface area contributed by atoms with Crippen molar-refractivity contribution in [2.24, 2.45) is 0 Å². The Morgan fingerprint density at radius 1 is 1.10 bits per heavy atom. The summed E-state index contributed by atoms with van der Waals surface area (Å²) < 4.78 is 0. The molecule has 20 heavy (non-hydrogen) atoms. The van der Waals surface area contributed by atoms with Gasteiger partial charge in [-0.2, -0.15) is 0 Å². The van der Waals surface area contributed by atoms with E-state index >= 15 is 0 Å². The molecule has 1 unspecified atom stereocenters. The van der Waals surface area contributed by atoms with E-state index in [0.717, 1.165) is 26.1 Å². The summed E-state index contributed by atoms with van der Waals surface area (Å²) in [6, 6.07) is 17.9. The van der Waals surface area contributed by atoms with Gasteiger partial charge in [-0.1, -0.05) is 48.0 Å². The van der Waals surface area contributed by atoms with Gasteiger partial charge < -0.3 is 10.2 Å². The summed E-state index contributed by atoms with van der Waals surface area (Å²) >= 11 is 0. The maximum Gasteiger partial charge on any atom is 0.0819 e. The Labute approximate surface area is 120 Å². The molecule has 2 heterocycles. The van der Waals surface area contributed by atoms with Crippen molar-refractivity contribution in [2.45, 2.75) is 18.9 Å². The first-order chi connectivity index (χ1) is 9.79. The number of aryl methyl sites for hydroxylation is 1. The maximum absolute atomic E-state index is 3.60. The van der Waals surface area contributed by atoms with Crippen LogP contribution in [0.1, 0.15) is 16.7 Å². The summed E-state index contributed by atoms with van der Waals surface area (Å²) in [7, 11) is 0. The van der Waals surface area contributed by atoms with Crippen molar-refractivity contribution in [1.29, 1.82) is 0 Å². The van der Waals surface area contributed by atoms with Crippen molar-refractivity contribution in [1.82, 2.24) is 5.32 Å². The van der Waals surface area contributed by atoms with Crippen molar-refractivity contribution in [3.63, 3.8) is 0 Å². The first-order valence-corrected chi connectivity index (χ1v) is 7.43. The van der Waals surface area contributed by atoms with Crippen LogP contribution in [-0.2, 0) is 12.0 Å². The standard InChI is InChI=1S/C18H20N2/c1-14-7-8-17-15(11-14)12-18(13-19-9-10-20(17)18)16-5-3-2-4-6-16/h2-8,11,19H,9-10,12-13H2,1H3. The average Bonchev–Trinajstić information content (AvgIpc) is 2.82. The molecule has 0 aliphatic carbocycles. The summed E-state index contributed by atoms with van der Waals surface area (Å²) in [5.41, 5.74) is 5.83. The molecular formula is C18H20N2. The van der Waals surface area contributed by atoms with E-state index in [1.165, 1.54) is 22.4 Å². The smallest absolute Gasteiger partial charge is 0.0819 e. The quantitative estimate of drug-likeness (QED) is 0.852. The number of benzene rings is 2. The summed E-state index contributed by atoms with van der Waals surface area (Å²) in [6.45, 7) is 5.38. The van der Waals surface area contributed by atoms with Crippen LogP contribution in [0.5, 0.6) is 0 Å². The third-order valence-corrected chi connectivity index (χ3v) is 4.77. The van der Waals surface area contributed by atoms with Gasteiger partial charge in [0.15, 0.2) is 0 Å². The molecule has 2 aromatic carbocycles. The first kappa shape index (κ1) is 12.0. The van der Waals surface area contributed by atoms with Crippen LogP contribution in [0.25, 0.3) is 0 Å². The summed E-state index contributed by atoms with van der Waals surface area (Å²) in [5.74, 6) is 0. The van der Waals surface area contributed by atoms with E-state index in [0.29, 0.717) is 0 Å². The van der Waals surface area contributed by atoms with Gasteiger partial charge in [0.2, 0.25) is 0 Å². The van der Waals surface area contributed by atoms with E-state index in [1.54, 1.807) is 0 Å². The third kappa shape index (κ3) is 1.61. The topological polar surface area (TPSA) is 15.3 Å². The lowest BCUT2D eigenvalue weighted by atomic mass is 9.84. The fraction of sp³-hybridized carbons (Fsp3) is 0.333. The van der Waals surface area contributed by atoms with E-state index < -0.39 is 0 Å². The lowest BCUT2D eigenvalue weighted by Gasteiger charge is -2.45. The normalized spacial score (nSPS) is 24.4. The van der Waals surface area contributed by atoms with Crippen LogP contribution in [0.2, 0.25) is 0 Å². The number of fused-ring (bicyclic) bond motifs is 3. The highest BCUT2D eigenvalue weighted by Gasteiger charge is 2.46. The van der Waals surface area contributed by atoms with Crippen LogP contribution in [0.4, 0.5) is 5.69 Å². The SMILES string of the molecule is Cc1ccc2c(c1)CC1(c3ccccc3)CNCCN21. The van der Waals surface area contributed by atoms with Crippen LogP contribution in [0, 0.1) is 6.92 Å². The molecular weight excluding hydrogens is 244 g/mol. The number of hydrogen-bond acceptors (Lipinski definition) is 2. The van der Waals surface area contributed by atoms with Crippen molar-refractivity contribution >= 4 is 5.69 Å². The largest absolute Gasteiger partial charge is 0.359 e. The van der Waals surface area contributed by atoms with Crippen LogP contribution < -0.4 is 10.2 Å². The van der Waals surface area contributed by atoms with Crippen molar-refractivity contribution in [2.75, 3.05) is 24.5 Å².